The van der Waals surface area contributed by atoms with Gasteiger partial charge in [-0.3, -0.25) is 9.59 Å². The molecule has 0 aromatic heterocycles. The van der Waals surface area contributed by atoms with E-state index >= 15 is 0 Å². The Bertz CT molecular complexity index is 1100. The smallest absolute Gasteiger partial charge is 0.243 e. The van der Waals surface area contributed by atoms with Crippen molar-refractivity contribution in [3.8, 4) is 5.75 Å². The number of nitrogens with zero attached hydrogens (tertiary/aromatic N) is 1. The Labute approximate surface area is 215 Å². The maximum Gasteiger partial charge on any atom is 0.243 e. The molecule has 5 heteroatoms. The maximum atomic E-state index is 13.6. The third-order valence-electron chi connectivity index (χ3n) is 6.08. The first-order chi connectivity index (χ1) is 17.5. The van der Waals surface area contributed by atoms with Gasteiger partial charge in [-0.25, -0.2) is 0 Å². The lowest BCUT2D eigenvalue weighted by Crippen LogP contribution is -2.50. The Morgan fingerprint density at radius 1 is 0.889 bits per heavy atom. The van der Waals surface area contributed by atoms with Gasteiger partial charge in [0.05, 0.1) is 6.61 Å². The van der Waals surface area contributed by atoms with E-state index in [1.54, 1.807) is 4.90 Å². The molecular weight excluding hydrogens is 448 g/mol. The number of amides is 2. The average Bonchev–Trinajstić information content (AvgIpc) is 2.88. The molecule has 0 heterocycles. The molecule has 0 saturated heterocycles. The zero-order valence-corrected chi connectivity index (χ0v) is 21.7. The van der Waals surface area contributed by atoms with Gasteiger partial charge in [-0.05, 0) is 49.9 Å². The Kier molecular flexibility index (Phi) is 10.6. The molecule has 3 aromatic rings. The van der Waals surface area contributed by atoms with Crippen molar-refractivity contribution in [2.75, 3.05) is 13.2 Å². The van der Waals surface area contributed by atoms with Crippen molar-refractivity contribution in [1.29, 1.82) is 0 Å². The summed E-state index contributed by atoms with van der Waals surface area (Å²) in [6, 6.07) is 25.3. The largest absolute Gasteiger partial charge is 0.494 e. The molecule has 2 amide bonds. The standard InChI is InChI=1S/C31H38N2O3/c1-4-19-32-31(35)29(22-26-11-6-5-7-12-26)33(23-27-13-8-10-25(3)21-27)30(34)14-9-20-36-28-17-15-24(2)16-18-28/h5-8,10-13,15-18,21,29H,4,9,14,19-20,22-23H2,1-3H3,(H,32,35). The van der Waals surface area contributed by atoms with Crippen LogP contribution in [0.1, 0.15) is 48.4 Å². The highest BCUT2D eigenvalue weighted by atomic mass is 16.5. The van der Waals surface area contributed by atoms with Gasteiger partial charge >= 0.3 is 0 Å². The van der Waals surface area contributed by atoms with Crippen molar-refractivity contribution in [2.45, 2.75) is 59.0 Å². The fourth-order valence-electron chi connectivity index (χ4n) is 4.12. The van der Waals surface area contributed by atoms with Crippen LogP contribution in [0.3, 0.4) is 0 Å². The van der Waals surface area contributed by atoms with Gasteiger partial charge < -0.3 is 15.0 Å². The van der Waals surface area contributed by atoms with E-state index in [9.17, 15) is 9.59 Å². The van der Waals surface area contributed by atoms with E-state index in [-0.39, 0.29) is 11.8 Å². The van der Waals surface area contributed by atoms with E-state index in [1.807, 2.05) is 93.6 Å². The van der Waals surface area contributed by atoms with Crippen LogP contribution in [-0.4, -0.2) is 35.9 Å². The summed E-state index contributed by atoms with van der Waals surface area (Å²) in [5.74, 6) is 0.639. The lowest BCUT2D eigenvalue weighted by molar-refractivity contribution is -0.141. The van der Waals surface area contributed by atoms with Gasteiger partial charge in [0, 0.05) is 25.9 Å². The first-order valence-electron chi connectivity index (χ1n) is 12.8. The summed E-state index contributed by atoms with van der Waals surface area (Å²) >= 11 is 0. The van der Waals surface area contributed by atoms with Crippen LogP contribution in [0.2, 0.25) is 0 Å². The molecule has 1 atom stereocenters. The Hall–Kier alpha value is -3.60. The minimum atomic E-state index is -0.593. The molecular formula is C31H38N2O3. The van der Waals surface area contributed by atoms with Gasteiger partial charge in [-0.15, -0.1) is 0 Å². The molecule has 0 radical (unpaired) electrons. The quantitative estimate of drug-likeness (QED) is 0.319. The van der Waals surface area contributed by atoms with Crippen LogP contribution in [0.5, 0.6) is 5.75 Å². The highest BCUT2D eigenvalue weighted by molar-refractivity contribution is 5.88. The van der Waals surface area contributed by atoms with E-state index in [1.165, 1.54) is 5.56 Å². The highest BCUT2D eigenvalue weighted by Crippen LogP contribution is 2.18. The third kappa shape index (κ3) is 8.56. The number of rotatable bonds is 13. The average molecular weight is 487 g/mol. The van der Waals surface area contributed by atoms with Crippen molar-refractivity contribution < 1.29 is 14.3 Å². The van der Waals surface area contributed by atoms with Crippen LogP contribution in [0.25, 0.3) is 0 Å². The van der Waals surface area contributed by atoms with Crippen LogP contribution in [0.15, 0.2) is 78.9 Å². The number of carbonyl (C=O) groups is 2. The second-order valence-electron chi connectivity index (χ2n) is 9.27. The van der Waals surface area contributed by atoms with E-state index in [2.05, 4.69) is 11.4 Å². The van der Waals surface area contributed by atoms with Gasteiger partial charge in [0.15, 0.2) is 0 Å². The van der Waals surface area contributed by atoms with Crippen LogP contribution in [-0.2, 0) is 22.6 Å². The molecule has 3 rings (SSSR count). The van der Waals surface area contributed by atoms with Gasteiger partial charge in [0.1, 0.15) is 11.8 Å². The number of carbonyl (C=O) groups excluding carboxylic acids is 2. The van der Waals surface area contributed by atoms with Crippen LogP contribution in [0.4, 0.5) is 0 Å². The van der Waals surface area contributed by atoms with Gasteiger partial charge in [-0.1, -0.05) is 84.8 Å². The van der Waals surface area contributed by atoms with Gasteiger partial charge in [0.2, 0.25) is 11.8 Å². The molecule has 5 nitrogen and oxygen atoms in total. The van der Waals surface area contributed by atoms with Crippen molar-refractivity contribution in [3.05, 3.63) is 101 Å². The normalized spacial score (nSPS) is 11.5. The highest BCUT2D eigenvalue weighted by Gasteiger charge is 2.30. The Morgan fingerprint density at radius 3 is 2.31 bits per heavy atom. The number of nitrogens with one attached hydrogen (secondary N) is 1. The Balaban J connectivity index is 1.77. The molecule has 0 fully saturated rings. The second-order valence-corrected chi connectivity index (χ2v) is 9.27. The van der Waals surface area contributed by atoms with Gasteiger partial charge in [-0.2, -0.15) is 0 Å². The summed E-state index contributed by atoms with van der Waals surface area (Å²) < 4.78 is 5.83. The topological polar surface area (TPSA) is 58.6 Å². The molecule has 0 aliphatic rings. The summed E-state index contributed by atoms with van der Waals surface area (Å²) in [5, 5.41) is 3.02. The van der Waals surface area contributed by atoms with E-state index in [0.29, 0.717) is 39.0 Å². The zero-order valence-electron chi connectivity index (χ0n) is 21.7. The SMILES string of the molecule is CCCNC(=O)C(Cc1ccccc1)N(Cc1cccc(C)c1)C(=O)CCCOc1ccc(C)cc1. The lowest BCUT2D eigenvalue weighted by Gasteiger charge is -2.31. The number of hydrogen-bond acceptors (Lipinski definition) is 3. The fraction of sp³-hybridized carbons (Fsp3) is 0.355. The van der Waals surface area contributed by atoms with Crippen LogP contribution < -0.4 is 10.1 Å². The molecule has 0 saturated carbocycles. The summed E-state index contributed by atoms with van der Waals surface area (Å²) in [6.45, 7) is 7.51. The van der Waals surface area contributed by atoms with E-state index < -0.39 is 6.04 Å². The zero-order chi connectivity index (χ0) is 25.8. The number of benzene rings is 3. The van der Waals surface area contributed by atoms with Crippen molar-refractivity contribution in [3.63, 3.8) is 0 Å². The lowest BCUT2D eigenvalue weighted by atomic mass is 10.0. The molecule has 3 aromatic carbocycles. The molecule has 1 unspecified atom stereocenters. The van der Waals surface area contributed by atoms with Crippen LogP contribution in [0, 0.1) is 13.8 Å². The first kappa shape index (κ1) is 27.0. The van der Waals surface area contributed by atoms with Crippen molar-refractivity contribution in [1.82, 2.24) is 10.2 Å². The molecule has 0 aliphatic heterocycles. The Morgan fingerprint density at radius 2 is 1.61 bits per heavy atom. The van der Waals surface area contributed by atoms with E-state index in [0.717, 1.165) is 28.9 Å². The summed E-state index contributed by atoms with van der Waals surface area (Å²) in [7, 11) is 0. The molecule has 36 heavy (non-hydrogen) atoms. The summed E-state index contributed by atoms with van der Waals surface area (Å²) in [5.41, 5.74) is 4.34. The summed E-state index contributed by atoms with van der Waals surface area (Å²) in [6.07, 6.45) is 2.19. The minimum Gasteiger partial charge on any atom is -0.494 e. The van der Waals surface area contributed by atoms with Gasteiger partial charge in [0.25, 0.3) is 0 Å². The van der Waals surface area contributed by atoms with Crippen molar-refractivity contribution in [2.24, 2.45) is 0 Å². The molecule has 0 bridgehead atoms. The maximum absolute atomic E-state index is 13.6. The monoisotopic (exact) mass is 486 g/mol. The summed E-state index contributed by atoms with van der Waals surface area (Å²) in [4.78, 5) is 28.7. The predicted molar refractivity (Wildman–Crippen MR) is 145 cm³/mol. The van der Waals surface area contributed by atoms with Crippen molar-refractivity contribution >= 4 is 11.8 Å². The third-order valence-corrected chi connectivity index (χ3v) is 6.08. The number of ether oxygens (including phenoxy) is 1. The number of hydrogen-bond donors (Lipinski definition) is 1. The van der Waals surface area contributed by atoms with E-state index in [4.69, 9.17) is 4.74 Å². The molecule has 1 N–H and O–H groups in total. The molecule has 0 aliphatic carbocycles. The minimum absolute atomic E-state index is 0.0448. The number of aryl methyl sites for hydroxylation is 2. The van der Waals surface area contributed by atoms with Crippen LogP contribution >= 0.6 is 0 Å². The first-order valence-corrected chi connectivity index (χ1v) is 12.8. The second kappa shape index (κ2) is 14.1. The molecule has 190 valence electrons. The predicted octanol–water partition coefficient (Wildman–Crippen LogP) is 5.63. The fourth-order valence-corrected chi connectivity index (χ4v) is 4.12. The molecule has 0 spiro atoms.